The average Bonchev–Trinajstić information content (AvgIpc) is 2.29. The Morgan fingerprint density at radius 3 is 2.62 bits per heavy atom. The van der Waals surface area contributed by atoms with Gasteiger partial charge < -0.3 is 20.1 Å². The molecular formula is C10H16N2O4. The molecule has 2 N–H and O–H groups in total. The maximum atomic E-state index is 10.9. The van der Waals surface area contributed by atoms with E-state index in [-0.39, 0.29) is 12.5 Å². The van der Waals surface area contributed by atoms with Gasteiger partial charge in [-0.05, 0) is 13.0 Å². The molecule has 0 radical (unpaired) electrons. The SMILES string of the molecule is C=CC(=O)NC=C(CNC(=O)OCC)OC. The topological polar surface area (TPSA) is 76.7 Å². The van der Waals surface area contributed by atoms with E-state index in [1.807, 2.05) is 0 Å². The number of alkyl carbamates (subject to hydrolysis) is 1. The van der Waals surface area contributed by atoms with Crippen LogP contribution in [-0.2, 0) is 14.3 Å². The van der Waals surface area contributed by atoms with Crippen LogP contribution in [0.1, 0.15) is 6.92 Å². The summed E-state index contributed by atoms with van der Waals surface area (Å²) in [7, 11) is 1.43. The molecule has 0 spiro atoms. The van der Waals surface area contributed by atoms with Gasteiger partial charge in [-0.25, -0.2) is 4.79 Å². The highest BCUT2D eigenvalue weighted by Gasteiger charge is 2.02. The molecule has 2 amide bonds. The van der Waals surface area contributed by atoms with Crippen molar-refractivity contribution in [2.45, 2.75) is 6.92 Å². The molecule has 0 saturated carbocycles. The highest BCUT2D eigenvalue weighted by Crippen LogP contribution is 1.91. The smallest absolute Gasteiger partial charge is 0.407 e. The molecule has 0 aromatic carbocycles. The first-order valence-corrected chi connectivity index (χ1v) is 4.70. The van der Waals surface area contributed by atoms with Crippen LogP contribution in [0.3, 0.4) is 0 Å². The lowest BCUT2D eigenvalue weighted by Gasteiger charge is -2.08. The number of nitrogens with one attached hydrogen (secondary N) is 2. The van der Waals surface area contributed by atoms with Crippen molar-refractivity contribution in [1.82, 2.24) is 10.6 Å². The van der Waals surface area contributed by atoms with E-state index in [0.717, 1.165) is 6.08 Å². The zero-order valence-electron chi connectivity index (χ0n) is 9.41. The van der Waals surface area contributed by atoms with Crippen LogP contribution in [0.2, 0.25) is 0 Å². The third kappa shape index (κ3) is 6.47. The Hall–Kier alpha value is -1.98. The molecule has 0 aromatic rings. The first-order chi connectivity index (χ1) is 7.63. The lowest BCUT2D eigenvalue weighted by molar-refractivity contribution is -0.115. The molecule has 6 nitrogen and oxygen atoms in total. The molecule has 0 saturated heterocycles. The maximum Gasteiger partial charge on any atom is 0.407 e. The molecular weight excluding hydrogens is 212 g/mol. The highest BCUT2D eigenvalue weighted by molar-refractivity contribution is 5.87. The van der Waals surface area contributed by atoms with Crippen molar-refractivity contribution in [2.75, 3.05) is 20.3 Å². The quantitative estimate of drug-likeness (QED) is 0.513. The number of ether oxygens (including phenoxy) is 2. The minimum absolute atomic E-state index is 0.132. The molecule has 90 valence electrons. The maximum absolute atomic E-state index is 10.9. The van der Waals surface area contributed by atoms with Crippen molar-refractivity contribution < 1.29 is 19.1 Å². The summed E-state index contributed by atoms with van der Waals surface area (Å²) < 4.78 is 9.56. The minimum Gasteiger partial charge on any atom is -0.498 e. The highest BCUT2D eigenvalue weighted by atomic mass is 16.5. The molecule has 0 aliphatic heterocycles. The summed E-state index contributed by atoms with van der Waals surface area (Å²) >= 11 is 0. The Kier molecular flexibility index (Phi) is 7.31. The summed E-state index contributed by atoms with van der Waals surface area (Å²) in [6, 6.07) is 0. The van der Waals surface area contributed by atoms with Crippen molar-refractivity contribution in [2.24, 2.45) is 0 Å². The molecule has 0 rings (SSSR count). The van der Waals surface area contributed by atoms with E-state index in [2.05, 4.69) is 21.9 Å². The second-order valence-corrected chi connectivity index (χ2v) is 2.60. The predicted octanol–water partition coefficient (Wildman–Crippen LogP) is 0.522. The number of hydrogen-bond donors (Lipinski definition) is 2. The van der Waals surface area contributed by atoms with E-state index in [1.165, 1.54) is 13.3 Å². The van der Waals surface area contributed by atoms with Crippen LogP contribution >= 0.6 is 0 Å². The molecule has 6 heteroatoms. The Labute approximate surface area is 94.3 Å². The van der Waals surface area contributed by atoms with Crippen LogP contribution in [0.15, 0.2) is 24.6 Å². The minimum atomic E-state index is -0.541. The molecule has 0 heterocycles. The first kappa shape index (κ1) is 14.0. The lowest BCUT2D eigenvalue weighted by Crippen LogP contribution is -2.27. The predicted molar refractivity (Wildman–Crippen MR) is 58.5 cm³/mol. The van der Waals surface area contributed by atoms with Gasteiger partial charge in [0.25, 0.3) is 0 Å². The van der Waals surface area contributed by atoms with Gasteiger partial charge in [0.15, 0.2) is 0 Å². The van der Waals surface area contributed by atoms with Crippen molar-refractivity contribution in [3.63, 3.8) is 0 Å². The number of carbonyl (C=O) groups is 2. The average molecular weight is 228 g/mol. The third-order valence-corrected chi connectivity index (χ3v) is 1.51. The fourth-order valence-corrected chi connectivity index (χ4v) is 0.734. The fraction of sp³-hybridized carbons (Fsp3) is 0.400. The van der Waals surface area contributed by atoms with E-state index in [1.54, 1.807) is 6.92 Å². The van der Waals surface area contributed by atoms with Crippen LogP contribution in [0.25, 0.3) is 0 Å². The standard InChI is InChI=1S/C10H16N2O4/c1-4-9(13)11-6-8(15-3)7-12-10(14)16-5-2/h4,6H,1,5,7H2,2-3H3,(H,11,13)(H,12,14). The van der Waals surface area contributed by atoms with Gasteiger partial charge in [0.2, 0.25) is 5.91 Å². The lowest BCUT2D eigenvalue weighted by atomic mass is 10.5. The molecule has 0 bridgehead atoms. The van der Waals surface area contributed by atoms with Crippen LogP contribution in [0, 0.1) is 0 Å². The summed E-state index contributed by atoms with van der Waals surface area (Å²) in [5.74, 6) is 0.0361. The number of carbonyl (C=O) groups excluding carboxylic acids is 2. The number of amides is 2. The van der Waals surface area contributed by atoms with Gasteiger partial charge in [0.05, 0.1) is 20.3 Å². The largest absolute Gasteiger partial charge is 0.498 e. The van der Waals surface area contributed by atoms with E-state index >= 15 is 0 Å². The van der Waals surface area contributed by atoms with Crippen molar-refractivity contribution in [3.05, 3.63) is 24.6 Å². The number of hydrogen-bond acceptors (Lipinski definition) is 4. The number of rotatable bonds is 6. The number of methoxy groups -OCH3 is 1. The van der Waals surface area contributed by atoms with Gasteiger partial charge in [-0.1, -0.05) is 6.58 Å². The normalized spacial score (nSPS) is 10.2. The molecule has 0 fully saturated rings. The van der Waals surface area contributed by atoms with Crippen LogP contribution in [-0.4, -0.2) is 32.3 Å². The fourth-order valence-electron chi connectivity index (χ4n) is 0.734. The van der Waals surface area contributed by atoms with Crippen LogP contribution < -0.4 is 10.6 Å². The Morgan fingerprint density at radius 1 is 1.44 bits per heavy atom. The van der Waals surface area contributed by atoms with E-state index in [0.29, 0.717) is 12.4 Å². The van der Waals surface area contributed by atoms with Crippen LogP contribution in [0.4, 0.5) is 4.79 Å². The third-order valence-electron chi connectivity index (χ3n) is 1.51. The Bertz CT molecular complexity index is 287. The van der Waals surface area contributed by atoms with Gasteiger partial charge in [0.1, 0.15) is 5.76 Å². The summed E-state index contributed by atoms with van der Waals surface area (Å²) in [5.41, 5.74) is 0. The zero-order chi connectivity index (χ0) is 12.4. The van der Waals surface area contributed by atoms with E-state index in [4.69, 9.17) is 4.74 Å². The molecule has 0 unspecified atom stereocenters. The second kappa shape index (κ2) is 8.34. The summed E-state index contributed by atoms with van der Waals surface area (Å²) in [4.78, 5) is 21.8. The Morgan fingerprint density at radius 2 is 2.12 bits per heavy atom. The molecule has 0 atom stereocenters. The van der Waals surface area contributed by atoms with Gasteiger partial charge >= 0.3 is 6.09 Å². The summed E-state index contributed by atoms with van der Waals surface area (Å²) in [5, 5.41) is 4.85. The zero-order valence-corrected chi connectivity index (χ0v) is 9.41. The molecule has 0 aromatic heterocycles. The van der Waals surface area contributed by atoms with Crippen molar-refractivity contribution >= 4 is 12.0 Å². The van der Waals surface area contributed by atoms with Gasteiger partial charge in [-0.15, -0.1) is 0 Å². The second-order valence-electron chi connectivity index (χ2n) is 2.60. The molecule has 0 aliphatic rings. The van der Waals surface area contributed by atoms with Crippen LogP contribution in [0.5, 0.6) is 0 Å². The van der Waals surface area contributed by atoms with E-state index < -0.39 is 6.09 Å². The van der Waals surface area contributed by atoms with E-state index in [9.17, 15) is 9.59 Å². The van der Waals surface area contributed by atoms with Crippen molar-refractivity contribution in [1.29, 1.82) is 0 Å². The van der Waals surface area contributed by atoms with Crippen molar-refractivity contribution in [3.8, 4) is 0 Å². The molecule has 0 aliphatic carbocycles. The van der Waals surface area contributed by atoms with Gasteiger partial charge in [0, 0.05) is 6.20 Å². The van der Waals surface area contributed by atoms with Gasteiger partial charge in [-0.3, -0.25) is 4.79 Å². The summed E-state index contributed by atoms with van der Waals surface area (Å²) in [6.45, 7) is 5.42. The first-order valence-electron chi connectivity index (χ1n) is 4.70. The monoisotopic (exact) mass is 228 g/mol. The Balaban J connectivity index is 4.04. The molecule has 16 heavy (non-hydrogen) atoms. The summed E-state index contributed by atoms with van der Waals surface area (Å²) in [6.07, 6.45) is 1.93. The van der Waals surface area contributed by atoms with Gasteiger partial charge in [-0.2, -0.15) is 0 Å².